The molecule has 0 bridgehead atoms. The maximum absolute atomic E-state index is 12.7. The van der Waals surface area contributed by atoms with Gasteiger partial charge in [0.1, 0.15) is 5.82 Å². The quantitative estimate of drug-likeness (QED) is 0.366. The van der Waals surface area contributed by atoms with Crippen LogP contribution in [0.25, 0.3) is 10.9 Å². The molecule has 0 aliphatic carbocycles. The molecule has 5 nitrogen and oxygen atoms in total. The number of carbonyl (C=O) groups excluding carboxylic acids is 1. The van der Waals surface area contributed by atoms with Crippen LogP contribution in [0.3, 0.4) is 0 Å². The molecule has 2 aromatic carbocycles. The van der Waals surface area contributed by atoms with Crippen molar-refractivity contribution in [1.29, 1.82) is 0 Å². The van der Waals surface area contributed by atoms with Crippen molar-refractivity contribution in [1.82, 2.24) is 14.8 Å². The number of benzene rings is 2. The van der Waals surface area contributed by atoms with Crippen LogP contribution in [0.2, 0.25) is 0 Å². The first kappa shape index (κ1) is 25.3. The molecule has 0 saturated carbocycles. The standard InChI is InChI=1S/C29H36N4OS/c1-3-31(4-2)16-8-11-26(35)22-23-12-14-27-25(21-23)13-15-28(30-27)32-17-19-33(20-18-32)29(34)24-9-6-5-7-10-24/h5-7,9-10,12-15,21H,3-4,8,11,16-20,22H2,1-2H3. The Morgan fingerprint density at radius 2 is 1.71 bits per heavy atom. The number of rotatable bonds is 10. The Bertz CT molecular complexity index is 1140. The van der Waals surface area contributed by atoms with E-state index in [-0.39, 0.29) is 5.91 Å². The first-order chi connectivity index (χ1) is 17.1. The van der Waals surface area contributed by atoms with Crippen LogP contribution in [0.15, 0.2) is 60.7 Å². The molecular formula is C29H36N4OS. The summed E-state index contributed by atoms with van der Waals surface area (Å²) in [6, 6.07) is 20.3. The van der Waals surface area contributed by atoms with Gasteiger partial charge in [0, 0.05) is 43.5 Å². The van der Waals surface area contributed by atoms with Crippen LogP contribution < -0.4 is 4.90 Å². The fourth-order valence-electron chi connectivity index (χ4n) is 4.71. The molecule has 0 spiro atoms. The van der Waals surface area contributed by atoms with Crippen LogP contribution in [0.4, 0.5) is 5.82 Å². The van der Waals surface area contributed by atoms with E-state index in [2.05, 4.69) is 54.0 Å². The molecule has 1 aliphatic rings. The summed E-state index contributed by atoms with van der Waals surface area (Å²) in [7, 11) is 0. The Morgan fingerprint density at radius 3 is 2.43 bits per heavy atom. The molecule has 2 heterocycles. The number of anilines is 1. The summed E-state index contributed by atoms with van der Waals surface area (Å²) in [4.78, 5) is 25.4. The largest absolute Gasteiger partial charge is 0.353 e. The monoisotopic (exact) mass is 488 g/mol. The van der Waals surface area contributed by atoms with Crippen molar-refractivity contribution in [2.45, 2.75) is 33.1 Å². The molecule has 3 aromatic rings. The van der Waals surface area contributed by atoms with Crippen molar-refractivity contribution in [3.8, 4) is 0 Å². The lowest BCUT2D eigenvalue weighted by Crippen LogP contribution is -2.49. The van der Waals surface area contributed by atoms with E-state index in [1.165, 1.54) is 5.56 Å². The molecule has 1 amide bonds. The van der Waals surface area contributed by atoms with Gasteiger partial charge in [-0.15, -0.1) is 0 Å². The fourth-order valence-corrected chi connectivity index (χ4v) is 5.02. The number of pyridine rings is 1. The van der Waals surface area contributed by atoms with Gasteiger partial charge in [0.05, 0.1) is 5.52 Å². The number of piperazine rings is 1. The topological polar surface area (TPSA) is 39.7 Å². The Balaban J connectivity index is 1.32. The lowest BCUT2D eigenvalue weighted by molar-refractivity contribution is 0.0746. The average molecular weight is 489 g/mol. The number of amides is 1. The number of nitrogens with zero attached hydrogens (tertiary/aromatic N) is 4. The van der Waals surface area contributed by atoms with E-state index in [4.69, 9.17) is 17.2 Å². The number of fused-ring (bicyclic) bond motifs is 1. The summed E-state index contributed by atoms with van der Waals surface area (Å²) in [5.74, 6) is 1.08. The third-order valence-electron chi connectivity index (χ3n) is 6.88. The van der Waals surface area contributed by atoms with Gasteiger partial charge < -0.3 is 14.7 Å². The van der Waals surface area contributed by atoms with Gasteiger partial charge in [-0.1, -0.05) is 50.3 Å². The highest BCUT2D eigenvalue weighted by Gasteiger charge is 2.22. The van der Waals surface area contributed by atoms with E-state index in [0.29, 0.717) is 13.1 Å². The molecule has 1 saturated heterocycles. The Hall–Kier alpha value is -2.83. The SMILES string of the molecule is CCN(CC)CCCC(=S)Cc1ccc2nc(N3CCN(C(=O)c4ccccc4)CC3)ccc2c1. The fraction of sp³-hybridized carbons (Fsp3) is 0.414. The third kappa shape index (κ3) is 6.65. The number of thiocarbonyl (C=S) groups is 1. The van der Waals surface area contributed by atoms with E-state index in [0.717, 1.165) is 79.1 Å². The van der Waals surface area contributed by atoms with E-state index in [1.807, 2.05) is 35.2 Å². The first-order valence-electron chi connectivity index (χ1n) is 12.8. The van der Waals surface area contributed by atoms with Crippen LogP contribution >= 0.6 is 12.2 Å². The molecule has 0 atom stereocenters. The van der Waals surface area contributed by atoms with Crippen LogP contribution in [0.1, 0.15) is 42.6 Å². The maximum atomic E-state index is 12.7. The van der Waals surface area contributed by atoms with Crippen LogP contribution in [-0.2, 0) is 6.42 Å². The predicted molar refractivity (Wildman–Crippen MR) is 150 cm³/mol. The summed E-state index contributed by atoms with van der Waals surface area (Å²) in [5.41, 5.74) is 3.01. The van der Waals surface area contributed by atoms with E-state index < -0.39 is 0 Å². The van der Waals surface area contributed by atoms with E-state index in [1.54, 1.807) is 0 Å². The van der Waals surface area contributed by atoms with Crippen molar-refractivity contribution in [3.63, 3.8) is 0 Å². The van der Waals surface area contributed by atoms with Crippen molar-refractivity contribution in [3.05, 3.63) is 71.8 Å². The molecule has 1 aliphatic heterocycles. The van der Waals surface area contributed by atoms with Gasteiger partial charge in [0.25, 0.3) is 5.91 Å². The van der Waals surface area contributed by atoms with Gasteiger partial charge in [-0.25, -0.2) is 4.98 Å². The zero-order valence-electron chi connectivity index (χ0n) is 20.9. The maximum Gasteiger partial charge on any atom is 0.253 e. The van der Waals surface area contributed by atoms with Crippen molar-refractivity contribution in [2.75, 3.05) is 50.7 Å². The van der Waals surface area contributed by atoms with E-state index >= 15 is 0 Å². The van der Waals surface area contributed by atoms with Gasteiger partial charge in [0.2, 0.25) is 0 Å². The summed E-state index contributed by atoms with van der Waals surface area (Å²) in [6.45, 7) is 10.7. The van der Waals surface area contributed by atoms with Gasteiger partial charge in [0.15, 0.2) is 0 Å². The van der Waals surface area contributed by atoms with Gasteiger partial charge in [-0.05, 0) is 79.3 Å². The minimum atomic E-state index is 0.107. The molecular weight excluding hydrogens is 452 g/mol. The molecule has 6 heteroatoms. The highest BCUT2D eigenvalue weighted by atomic mass is 32.1. The second-order valence-electron chi connectivity index (χ2n) is 9.19. The Kier molecular flexibility index (Phi) is 8.83. The van der Waals surface area contributed by atoms with Gasteiger partial charge >= 0.3 is 0 Å². The minimum Gasteiger partial charge on any atom is -0.353 e. The van der Waals surface area contributed by atoms with Crippen molar-refractivity contribution >= 4 is 39.7 Å². The van der Waals surface area contributed by atoms with Gasteiger partial charge in [-0.3, -0.25) is 4.79 Å². The number of carbonyl (C=O) groups is 1. The lowest BCUT2D eigenvalue weighted by atomic mass is 10.0. The van der Waals surface area contributed by atoms with Crippen LogP contribution in [-0.4, -0.2) is 71.4 Å². The van der Waals surface area contributed by atoms with Crippen molar-refractivity contribution in [2.24, 2.45) is 0 Å². The summed E-state index contributed by atoms with van der Waals surface area (Å²) in [6.07, 6.45) is 2.98. The highest BCUT2D eigenvalue weighted by molar-refractivity contribution is 7.80. The molecule has 184 valence electrons. The first-order valence-corrected chi connectivity index (χ1v) is 13.2. The Labute approximate surface area is 214 Å². The molecule has 35 heavy (non-hydrogen) atoms. The van der Waals surface area contributed by atoms with Crippen LogP contribution in [0.5, 0.6) is 0 Å². The lowest BCUT2D eigenvalue weighted by Gasteiger charge is -2.35. The third-order valence-corrected chi connectivity index (χ3v) is 7.22. The smallest absolute Gasteiger partial charge is 0.253 e. The molecule has 4 rings (SSSR count). The van der Waals surface area contributed by atoms with E-state index in [9.17, 15) is 4.79 Å². The molecule has 1 aromatic heterocycles. The average Bonchev–Trinajstić information content (AvgIpc) is 2.91. The zero-order valence-corrected chi connectivity index (χ0v) is 21.8. The normalized spacial score (nSPS) is 14.0. The number of hydrogen-bond donors (Lipinski definition) is 0. The molecule has 0 N–H and O–H groups in total. The summed E-state index contributed by atoms with van der Waals surface area (Å²) < 4.78 is 0. The summed E-state index contributed by atoms with van der Waals surface area (Å²) >= 11 is 5.68. The zero-order chi connectivity index (χ0) is 24.6. The highest BCUT2D eigenvalue weighted by Crippen LogP contribution is 2.22. The predicted octanol–water partition coefficient (Wildman–Crippen LogP) is 5.23. The second kappa shape index (κ2) is 12.2. The van der Waals surface area contributed by atoms with Crippen molar-refractivity contribution < 1.29 is 4.79 Å². The molecule has 0 unspecified atom stereocenters. The minimum absolute atomic E-state index is 0.107. The van der Waals surface area contributed by atoms with Crippen LogP contribution in [0, 0.1) is 0 Å². The Morgan fingerprint density at radius 1 is 0.971 bits per heavy atom. The van der Waals surface area contributed by atoms with Gasteiger partial charge in [-0.2, -0.15) is 0 Å². The summed E-state index contributed by atoms with van der Waals surface area (Å²) in [5, 5.41) is 1.15. The molecule has 1 fully saturated rings. The molecule has 0 radical (unpaired) electrons. The second-order valence-corrected chi connectivity index (χ2v) is 9.77. The number of aromatic nitrogens is 1. The number of hydrogen-bond acceptors (Lipinski definition) is 5.